The summed E-state index contributed by atoms with van der Waals surface area (Å²) in [6.07, 6.45) is 6.63. The number of urea groups is 1. The van der Waals surface area contributed by atoms with Crippen molar-refractivity contribution in [2.75, 3.05) is 11.9 Å². The van der Waals surface area contributed by atoms with Crippen LogP contribution in [0.1, 0.15) is 58.6 Å². The van der Waals surface area contributed by atoms with Crippen molar-refractivity contribution in [3.63, 3.8) is 0 Å². The van der Waals surface area contributed by atoms with Crippen LogP contribution in [0.5, 0.6) is 5.75 Å². The van der Waals surface area contributed by atoms with E-state index >= 15 is 0 Å². The zero-order chi connectivity index (χ0) is 25.5. The Hall–Kier alpha value is -3.58. The number of aryl methyl sites for hydroxylation is 2. The molecule has 0 spiro atoms. The van der Waals surface area contributed by atoms with Gasteiger partial charge in [-0.15, -0.1) is 11.3 Å². The molecule has 1 aliphatic heterocycles. The largest absolute Gasteiger partial charge is 0.494 e. The van der Waals surface area contributed by atoms with Crippen LogP contribution in [0.2, 0.25) is 0 Å². The van der Waals surface area contributed by atoms with Gasteiger partial charge in [-0.25, -0.2) is 9.18 Å². The second kappa shape index (κ2) is 9.71. The monoisotopic (exact) mass is 515 g/mol. The van der Waals surface area contributed by atoms with Crippen LogP contribution in [0.4, 0.5) is 14.9 Å². The lowest BCUT2D eigenvalue weighted by Crippen LogP contribution is -2.38. The minimum atomic E-state index is -0.334. The molecule has 2 aliphatic rings. The minimum absolute atomic E-state index is 0.251. The molecule has 2 amide bonds. The standard InChI is InChI=1S/C30H30FN3O2S/c1-3-36-22-14-11-20(12-15-22)28-26-8-6-16-33(26)29-24(23-7-4-5-9-27(23)37-29)18-34(28)30(35)32-21-13-10-19(2)25(31)17-21/h6,8,10-17,28H,3-5,7,9,18H2,1-2H3,(H,32,35). The van der Waals surface area contributed by atoms with Gasteiger partial charge in [0.2, 0.25) is 0 Å². The highest BCUT2D eigenvalue weighted by molar-refractivity contribution is 7.15. The maximum absolute atomic E-state index is 14.3. The molecule has 1 N–H and O–H groups in total. The summed E-state index contributed by atoms with van der Waals surface area (Å²) in [5, 5.41) is 4.19. The number of amides is 2. The van der Waals surface area contributed by atoms with Gasteiger partial charge in [-0.05, 0) is 92.6 Å². The Morgan fingerprint density at radius 3 is 2.70 bits per heavy atom. The topological polar surface area (TPSA) is 46.5 Å². The van der Waals surface area contributed by atoms with E-state index in [2.05, 4.69) is 28.2 Å². The molecule has 190 valence electrons. The van der Waals surface area contributed by atoms with Gasteiger partial charge in [0.05, 0.1) is 24.9 Å². The molecular weight excluding hydrogens is 485 g/mol. The van der Waals surface area contributed by atoms with Crippen LogP contribution in [0.3, 0.4) is 0 Å². The fourth-order valence-electron chi connectivity index (χ4n) is 5.52. The van der Waals surface area contributed by atoms with Crippen molar-refractivity contribution in [3.8, 4) is 10.8 Å². The fourth-order valence-corrected chi connectivity index (χ4v) is 6.92. The molecule has 3 heterocycles. The second-order valence-corrected chi connectivity index (χ2v) is 10.8. The van der Waals surface area contributed by atoms with Gasteiger partial charge in [-0.3, -0.25) is 0 Å². The van der Waals surface area contributed by atoms with Crippen molar-refractivity contribution in [3.05, 3.63) is 99.4 Å². The predicted octanol–water partition coefficient (Wildman–Crippen LogP) is 7.40. The average Bonchev–Trinajstić information content (AvgIpc) is 3.49. The second-order valence-electron chi connectivity index (χ2n) is 9.72. The molecule has 0 fully saturated rings. The Balaban J connectivity index is 1.46. The molecule has 4 aromatic rings. The summed E-state index contributed by atoms with van der Waals surface area (Å²) >= 11 is 1.86. The normalized spacial score (nSPS) is 16.4. The third kappa shape index (κ3) is 4.31. The zero-order valence-corrected chi connectivity index (χ0v) is 21.9. The van der Waals surface area contributed by atoms with Gasteiger partial charge in [0.25, 0.3) is 0 Å². The number of aromatic nitrogens is 1. The smallest absolute Gasteiger partial charge is 0.322 e. The molecular formula is C30H30FN3O2S. The third-order valence-corrected chi connectivity index (χ3v) is 8.70. The first kappa shape index (κ1) is 23.8. The molecule has 0 radical (unpaired) electrons. The lowest BCUT2D eigenvalue weighted by Gasteiger charge is -2.31. The van der Waals surface area contributed by atoms with Crippen LogP contribution in [0, 0.1) is 12.7 Å². The van der Waals surface area contributed by atoms with E-state index in [4.69, 9.17) is 4.74 Å². The Kier molecular flexibility index (Phi) is 6.24. The first-order chi connectivity index (χ1) is 18.0. The van der Waals surface area contributed by atoms with Gasteiger partial charge in [0, 0.05) is 22.3 Å². The average molecular weight is 516 g/mol. The molecule has 6 rings (SSSR count). The van der Waals surface area contributed by atoms with E-state index < -0.39 is 0 Å². The quantitative estimate of drug-likeness (QED) is 0.308. The number of thiophene rings is 1. The molecule has 37 heavy (non-hydrogen) atoms. The van der Waals surface area contributed by atoms with E-state index in [0.717, 1.165) is 29.8 Å². The van der Waals surface area contributed by atoms with Crippen molar-refractivity contribution in [2.24, 2.45) is 0 Å². The lowest BCUT2D eigenvalue weighted by molar-refractivity contribution is 0.194. The summed E-state index contributed by atoms with van der Waals surface area (Å²) in [7, 11) is 0. The van der Waals surface area contributed by atoms with Crippen molar-refractivity contribution in [2.45, 2.75) is 52.1 Å². The number of carbonyl (C=O) groups excluding carboxylic acids is 1. The van der Waals surface area contributed by atoms with Gasteiger partial charge < -0.3 is 19.5 Å². The molecule has 0 saturated heterocycles. The van der Waals surface area contributed by atoms with Crippen LogP contribution < -0.4 is 10.1 Å². The fraction of sp³-hybridized carbons (Fsp3) is 0.300. The number of rotatable bonds is 4. The number of halogens is 1. The predicted molar refractivity (Wildman–Crippen MR) is 145 cm³/mol. The summed E-state index contributed by atoms with van der Waals surface area (Å²) in [5.41, 5.74) is 5.66. The first-order valence-electron chi connectivity index (χ1n) is 12.9. The van der Waals surface area contributed by atoms with E-state index in [1.165, 1.54) is 39.9 Å². The minimum Gasteiger partial charge on any atom is -0.494 e. The number of nitrogens with one attached hydrogen (secondary N) is 1. The summed E-state index contributed by atoms with van der Waals surface area (Å²) in [6, 6.07) is 16.4. The molecule has 2 aromatic heterocycles. The highest BCUT2D eigenvalue weighted by Crippen LogP contribution is 2.44. The van der Waals surface area contributed by atoms with Crippen LogP contribution in [-0.4, -0.2) is 22.1 Å². The number of carbonyl (C=O) groups is 1. The molecule has 1 aliphatic carbocycles. The number of ether oxygens (including phenoxy) is 1. The van der Waals surface area contributed by atoms with Gasteiger partial charge in [0.1, 0.15) is 16.6 Å². The molecule has 1 atom stereocenters. The maximum atomic E-state index is 14.3. The van der Waals surface area contributed by atoms with Crippen LogP contribution in [0.15, 0.2) is 60.8 Å². The molecule has 1 unspecified atom stereocenters. The van der Waals surface area contributed by atoms with Gasteiger partial charge >= 0.3 is 6.03 Å². The Morgan fingerprint density at radius 2 is 1.92 bits per heavy atom. The van der Waals surface area contributed by atoms with Gasteiger partial charge in [-0.1, -0.05) is 18.2 Å². The number of hydrogen-bond acceptors (Lipinski definition) is 3. The Morgan fingerprint density at radius 1 is 1.11 bits per heavy atom. The summed E-state index contributed by atoms with van der Waals surface area (Å²) < 4.78 is 22.2. The molecule has 7 heteroatoms. The summed E-state index contributed by atoms with van der Waals surface area (Å²) in [4.78, 5) is 17.3. The highest BCUT2D eigenvalue weighted by atomic mass is 32.1. The van der Waals surface area contributed by atoms with E-state index in [9.17, 15) is 9.18 Å². The van der Waals surface area contributed by atoms with Crippen molar-refractivity contribution >= 4 is 23.1 Å². The Bertz CT molecular complexity index is 1460. The maximum Gasteiger partial charge on any atom is 0.322 e. The van der Waals surface area contributed by atoms with Gasteiger partial charge in [0.15, 0.2) is 0 Å². The summed E-state index contributed by atoms with van der Waals surface area (Å²) in [6.45, 7) is 4.76. The van der Waals surface area contributed by atoms with Crippen molar-refractivity contribution < 1.29 is 13.9 Å². The van der Waals surface area contributed by atoms with Gasteiger partial charge in [-0.2, -0.15) is 0 Å². The number of anilines is 1. The van der Waals surface area contributed by atoms with Crippen LogP contribution in [-0.2, 0) is 19.4 Å². The SMILES string of the molecule is CCOc1ccc(C2c3cccn3-c3sc4c(c3CN2C(=O)Nc2ccc(C)c(F)c2)CCCC4)cc1. The summed E-state index contributed by atoms with van der Waals surface area (Å²) in [5.74, 6) is 0.467. The lowest BCUT2D eigenvalue weighted by atomic mass is 9.95. The third-order valence-electron chi connectivity index (χ3n) is 7.37. The van der Waals surface area contributed by atoms with E-state index in [-0.39, 0.29) is 17.9 Å². The van der Waals surface area contributed by atoms with Crippen LogP contribution >= 0.6 is 11.3 Å². The molecule has 0 saturated carbocycles. The highest BCUT2D eigenvalue weighted by Gasteiger charge is 2.36. The zero-order valence-electron chi connectivity index (χ0n) is 21.1. The number of benzene rings is 2. The number of fused-ring (bicyclic) bond motifs is 5. The van der Waals surface area contributed by atoms with Crippen molar-refractivity contribution in [1.29, 1.82) is 0 Å². The number of hydrogen-bond donors (Lipinski definition) is 1. The molecule has 5 nitrogen and oxygen atoms in total. The number of nitrogens with zero attached hydrogens (tertiary/aromatic N) is 2. The van der Waals surface area contributed by atoms with Crippen LogP contribution in [0.25, 0.3) is 5.00 Å². The van der Waals surface area contributed by atoms with E-state index in [0.29, 0.717) is 24.4 Å². The molecule has 2 aromatic carbocycles. The molecule has 0 bridgehead atoms. The van der Waals surface area contributed by atoms with Crippen molar-refractivity contribution in [1.82, 2.24) is 9.47 Å². The van der Waals surface area contributed by atoms with E-state index in [1.54, 1.807) is 19.1 Å². The van der Waals surface area contributed by atoms with E-state index in [1.807, 2.05) is 47.4 Å². The Labute approximate surface area is 220 Å². The first-order valence-corrected chi connectivity index (χ1v) is 13.7.